The van der Waals surface area contributed by atoms with Crippen LogP contribution in [0.3, 0.4) is 0 Å². The van der Waals surface area contributed by atoms with Gasteiger partial charge < -0.3 is 9.47 Å². The molecular weight excluding hydrogens is 326 g/mol. The van der Waals surface area contributed by atoms with Gasteiger partial charge in [0, 0.05) is 43.4 Å². The molecule has 138 valence electrons. The van der Waals surface area contributed by atoms with Gasteiger partial charge in [-0.2, -0.15) is 5.10 Å². The first kappa shape index (κ1) is 16.1. The quantitative estimate of drug-likeness (QED) is 0.919. The van der Waals surface area contributed by atoms with Gasteiger partial charge in [-0.05, 0) is 57.4 Å². The zero-order chi connectivity index (χ0) is 18.0. The maximum absolute atomic E-state index is 13.2. The first-order valence-electron chi connectivity index (χ1n) is 9.87. The molecule has 3 heterocycles. The van der Waals surface area contributed by atoms with Crippen molar-refractivity contribution in [3.8, 4) is 0 Å². The van der Waals surface area contributed by atoms with E-state index in [1.54, 1.807) is 0 Å². The summed E-state index contributed by atoms with van der Waals surface area (Å²) in [5.74, 6) is 4.27. The van der Waals surface area contributed by atoms with E-state index in [-0.39, 0.29) is 5.91 Å². The number of rotatable bonds is 4. The molecule has 1 N–H and O–H groups in total. The zero-order valence-electron chi connectivity index (χ0n) is 15.8. The Morgan fingerprint density at radius 3 is 2.58 bits per heavy atom. The summed E-state index contributed by atoms with van der Waals surface area (Å²) in [7, 11) is 2.02. The van der Waals surface area contributed by atoms with Crippen molar-refractivity contribution in [3.05, 3.63) is 34.7 Å². The lowest BCUT2D eigenvalue weighted by Gasteiger charge is -2.16. The maximum Gasteiger partial charge on any atom is 0.255 e. The molecule has 0 spiro atoms. The molecule has 2 atom stereocenters. The van der Waals surface area contributed by atoms with Crippen LogP contribution >= 0.6 is 0 Å². The van der Waals surface area contributed by atoms with Crippen LogP contribution in [0.25, 0.3) is 0 Å². The Hall–Kier alpha value is -2.11. The number of likely N-dealkylation sites (tertiary alicyclic amines) is 1. The molecule has 2 aliphatic carbocycles. The monoisotopic (exact) mass is 353 g/mol. The van der Waals surface area contributed by atoms with Crippen LogP contribution in [0.15, 0.2) is 6.07 Å². The van der Waals surface area contributed by atoms with Gasteiger partial charge >= 0.3 is 0 Å². The number of nitrogens with one attached hydrogen (secondary N) is 1. The normalized spacial score (nSPS) is 25.9. The Morgan fingerprint density at radius 1 is 1.19 bits per heavy atom. The molecule has 1 amide bonds. The second-order valence-electron chi connectivity index (χ2n) is 8.51. The number of carbonyl (C=O) groups excluding carboxylic acids is 1. The van der Waals surface area contributed by atoms with Gasteiger partial charge in [-0.15, -0.1) is 0 Å². The standard InChI is InChI=1S/C20H27N5O/c1-11-8-15(12(2)24(11)3)20(26)25-9-16(13-4-5-13)17(10-25)19-21-18(22-23-19)14-6-7-14/h8,13-14,16-17H,4-7,9-10H2,1-3H3,(H,21,22,23)/t16-,17+/m1/s1. The van der Waals surface area contributed by atoms with Gasteiger partial charge in [-0.25, -0.2) is 4.98 Å². The molecule has 0 unspecified atom stereocenters. The largest absolute Gasteiger partial charge is 0.351 e. The van der Waals surface area contributed by atoms with E-state index in [1.807, 2.05) is 20.0 Å². The van der Waals surface area contributed by atoms with Crippen molar-refractivity contribution >= 4 is 5.91 Å². The second-order valence-corrected chi connectivity index (χ2v) is 8.51. The first-order valence-corrected chi connectivity index (χ1v) is 9.87. The lowest BCUT2D eigenvalue weighted by molar-refractivity contribution is 0.0784. The van der Waals surface area contributed by atoms with Crippen molar-refractivity contribution < 1.29 is 4.79 Å². The van der Waals surface area contributed by atoms with Crippen molar-refractivity contribution in [2.45, 2.75) is 51.4 Å². The van der Waals surface area contributed by atoms with Gasteiger partial charge in [-0.3, -0.25) is 9.89 Å². The molecule has 0 aromatic carbocycles. The van der Waals surface area contributed by atoms with Crippen LogP contribution in [0.4, 0.5) is 0 Å². The Morgan fingerprint density at radius 2 is 1.96 bits per heavy atom. The highest BCUT2D eigenvalue weighted by Crippen LogP contribution is 2.47. The minimum atomic E-state index is 0.168. The molecule has 0 bridgehead atoms. The van der Waals surface area contributed by atoms with E-state index in [4.69, 9.17) is 4.98 Å². The number of aromatic nitrogens is 4. The van der Waals surface area contributed by atoms with E-state index in [0.717, 1.165) is 47.6 Å². The third-order valence-electron chi connectivity index (χ3n) is 6.70. The van der Waals surface area contributed by atoms with Crippen LogP contribution in [0, 0.1) is 25.7 Å². The summed E-state index contributed by atoms with van der Waals surface area (Å²) in [6, 6.07) is 2.02. The Labute approximate surface area is 154 Å². The first-order chi connectivity index (χ1) is 12.5. The number of amides is 1. The van der Waals surface area contributed by atoms with Gasteiger partial charge in [0.25, 0.3) is 5.91 Å². The number of hydrogen-bond acceptors (Lipinski definition) is 3. The highest BCUT2D eigenvalue weighted by Gasteiger charge is 2.46. The highest BCUT2D eigenvalue weighted by molar-refractivity contribution is 5.96. The predicted molar refractivity (Wildman–Crippen MR) is 98.1 cm³/mol. The Kier molecular flexibility index (Phi) is 3.52. The molecule has 1 aliphatic heterocycles. The fraction of sp³-hybridized carbons (Fsp3) is 0.650. The number of hydrogen-bond donors (Lipinski definition) is 1. The van der Waals surface area contributed by atoms with E-state index in [1.165, 1.54) is 25.7 Å². The van der Waals surface area contributed by atoms with Crippen molar-refractivity contribution in [2.75, 3.05) is 13.1 Å². The summed E-state index contributed by atoms with van der Waals surface area (Å²) in [6.07, 6.45) is 5.00. The zero-order valence-corrected chi connectivity index (χ0v) is 15.8. The molecular formula is C20H27N5O. The molecule has 2 saturated carbocycles. The number of aromatic amines is 1. The predicted octanol–water partition coefficient (Wildman–Crippen LogP) is 2.90. The van der Waals surface area contributed by atoms with Crippen molar-refractivity contribution in [3.63, 3.8) is 0 Å². The third-order valence-corrected chi connectivity index (χ3v) is 6.70. The van der Waals surface area contributed by atoms with Gasteiger partial charge in [0.15, 0.2) is 5.82 Å². The number of carbonyl (C=O) groups is 1. The third kappa shape index (κ3) is 2.58. The fourth-order valence-corrected chi connectivity index (χ4v) is 4.51. The minimum Gasteiger partial charge on any atom is -0.351 e. The van der Waals surface area contributed by atoms with Gasteiger partial charge in [-0.1, -0.05) is 0 Å². The van der Waals surface area contributed by atoms with Gasteiger partial charge in [0.05, 0.1) is 5.56 Å². The topological polar surface area (TPSA) is 66.8 Å². The van der Waals surface area contributed by atoms with E-state index in [0.29, 0.717) is 17.8 Å². The molecule has 26 heavy (non-hydrogen) atoms. The maximum atomic E-state index is 13.2. The average molecular weight is 353 g/mol. The SMILES string of the molecule is Cc1cc(C(=O)N2C[C@H](c3nc(C4CC4)n[nH]3)[C@@H](C3CC3)C2)c(C)n1C. The van der Waals surface area contributed by atoms with E-state index in [9.17, 15) is 4.79 Å². The molecule has 2 aromatic heterocycles. The molecule has 2 aromatic rings. The van der Waals surface area contributed by atoms with Gasteiger partial charge in [0.2, 0.25) is 0 Å². The molecule has 6 heteroatoms. The van der Waals surface area contributed by atoms with Crippen molar-refractivity contribution in [2.24, 2.45) is 18.9 Å². The molecule has 5 rings (SSSR count). The number of nitrogens with zero attached hydrogens (tertiary/aromatic N) is 4. The Balaban J connectivity index is 1.40. The van der Waals surface area contributed by atoms with Crippen LogP contribution < -0.4 is 0 Å². The summed E-state index contributed by atoms with van der Waals surface area (Å²) in [6.45, 7) is 5.69. The van der Waals surface area contributed by atoms with E-state index < -0.39 is 0 Å². The molecule has 3 aliphatic rings. The number of aryl methyl sites for hydroxylation is 1. The van der Waals surface area contributed by atoms with Crippen molar-refractivity contribution in [1.29, 1.82) is 0 Å². The second kappa shape index (κ2) is 5.69. The smallest absolute Gasteiger partial charge is 0.255 e. The lowest BCUT2D eigenvalue weighted by Crippen LogP contribution is -2.29. The van der Waals surface area contributed by atoms with Crippen LogP contribution in [0.2, 0.25) is 0 Å². The van der Waals surface area contributed by atoms with Crippen LogP contribution in [0.5, 0.6) is 0 Å². The number of H-pyrrole nitrogens is 1. The summed E-state index contributed by atoms with van der Waals surface area (Å²) >= 11 is 0. The van der Waals surface area contributed by atoms with Crippen LogP contribution in [0.1, 0.15) is 70.9 Å². The highest BCUT2D eigenvalue weighted by atomic mass is 16.2. The molecule has 0 radical (unpaired) electrons. The lowest BCUT2D eigenvalue weighted by atomic mass is 9.91. The van der Waals surface area contributed by atoms with Crippen LogP contribution in [-0.2, 0) is 7.05 Å². The molecule has 1 saturated heterocycles. The molecule has 6 nitrogen and oxygen atoms in total. The van der Waals surface area contributed by atoms with Crippen molar-refractivity contribution in [1.82, 2.24) is 24.6 Å². The molecule has 3 fully saturated rings. The summed E-state index contributed by atoms with van der Waals surface area (Å²) in [4.78, 5) is 20.0. The summed E-state index contributed by atoms with van der Waals surface area (Å²) in [5.41, 5.74) is 3.02. The van der Waals surface area contributed by atoms with Crippen LogP contribution in [-0.4, -0.2) is 43.6 Å². The van der Waals surface area contributed by atoms with E-state index >= 15 is 0 Å². The fourth-order valence-electron chi connectivity index (χ4n) is 4.51. The Bertz CT molecular complexity index is 858. The summed E-state index contributed by atoms with van der Waals surface area (Å²) in [5, 5.41) is 7.65. The minimum absolute atomic E-state index is 0.168. The van der Waals surface area contributed by atoms with Gasteiger partial charge in [0.1, 0.15) is 5.82 Å². The van der Waals surface area contributed by atoms with E-state index in [2.05, 4.69) is 26.6 Å². The average Bonchev–Trinajstić information content (AvgIpc) is 3.56. The summed E-state index contributed by atoms with van der Waals surface area (Å²) < 4.78 is 2.09.